The quantitative estimate of drug-likeness (QED) is 0.802. The van der Waals surface area contributed by atoms with Crippen LogP contribution >= 0.6 is 0 Å². The van der Waals surface area contributed by atoms with Crippen molar-refractivity contribution < 1.29 is 9.53 Å². The molecule has 0 aromatic carbocycles. The minimum Gasteiger partial charge on any atom is -0.480 e. The number of aromatic nitrogens is 1. The molecular formula is C11H15N3O2. The molecule has 1 aliphatic heterocycles. The number of methoxy groups -OCH3 is 1. The Bertz CT molecular complexity index is 395. The molecule has 1 aliphatic rings. The van der Waals surface area contributed by atoms with Crippen LogP contribution in [0, 0.1) is 5.92 Å². The maximum atomic E-state index is 11.8. The normalized spacial score (nSPS) is 20.2. The summed E-state index contributed by atoms with van der Waals surface area (Å²) < 4.78 is 5.14. The number of pyridine rings is 1. The monoisotopic (exact) mass is 221 g/mol. The standard InChI is InChI=1S/C11H15N3O2/c1-16-11-9(3-2-4-13-11)14-7-8(6-12)5-10(14)15/h2-4,8H,5-7,12H2,1H3. The van der Waals surface area contributed by atoms with Gasteiger partial charge in [-0.05, 0) is 24.6 Å². The number of rotatable bonds is 3. The number of ether oxygens (including phenoxy) is 1. The Kier molecular flexibility index (Phi) is 3.05. The zero-order valence-electron chi connectivity index (χ0n) is 9.22. The zero-order valence-corrected chi connectivity index (χ0v) is 9.22. The van der Waals surface area contributed by atoms with E-state index in [-0.39, 0.29) is 11.8 Å². The largest absolute Gasteiger partial charge is 0.480 e. The van der Waals surface area contributed by atoms with Gasteiger partial charge in [0.25, 0.3) is 0 Å². The van der Waals surface area contributed by atoms with E-state index in [1.165, 1.54) is 0 Å². The maximum absolute atomic E-state index is 11.8. The van der Waals surface area contributed by atoms with Crippen LogP contribution in [0.2, 0.25) is 0 Å². The smallest absolute Gasteiger partial charge is 0.237 e. The van der Waals surface area contributed by atoms with Crippen molar-refractivity contribution in [2.24, 2.45) is 11.7 Å². The summed E-state index contributed by atoms with van der Waals surface area (Å²) in [6.07, 6.45) is 2.15. The highest BCUT2D eigenvalue weighted by molar-refractivity contribution is 5.96. The van der Waals surface area contributed by atoms with Gasteiger partial charge in [0, 0.05) is 19.2 Å². The second-order valence-corrected chi connectivity index (χ2v) is 3.84. The minimum atomic E-state index is 0.0850. The SMILES string of the molecule is COc1ncccc1N1CC(CN)CC1=O. The third-order valence-corrected chi connectivity index (χ3v) is 2.77. The first kappa shape index (κ1) is 10.9. The second kappa shape index (κ2) is 4.49. The van der Waals surface area contributed by atoms with Gasteiger partial charge in [-0.1, -0.05) is 0 Å². The summed E-state index contributed by atoms with van der Waals surface area (Å²) in [7, 11) is 1.55. The molecule has 1 aromatic rings. The number of nitrogens with zero attached hydrogens (tertiary/aromatic N) is 2. The van der Waals surface area contributed by atoms with Crippen molar-refractivity contribution in [1.29, 1.82) is 0 Å². The van der Waals surface area contributed by atoms with Crippen LogP contribution < -0.4 is 15.4 Å². The van der Waals surface area contributed by atoms with Crippen LogP contribution in [0.25, 0.3) is 0 Å². The summed E-state index contributed by atoms with van der Waals surface area (Å²) in [6, 6.07) is 3.63. The highest BCUT2D eigenvalue weighted by Crippen LogP contribution is 2.30. The third kappa shape index (κ3) is 1.86. The average Bonchev–Trinajstić information content (AvgIpc) is 2.70. The first-order valence-corrected chi connectivity index (χ1v) is 5.25. The maximum Gasteiger partial charge on any atom is 0.237 e. The Morgan fingerprint density at radius 3 is 3.12 bits per heavy atom. The van der Waals surface area contributed by atoms with E-state index in [1.54, 1.807) is 24.3 Å². The van der Waals surface area contributed by atoms with E-state index in [9.17, 15) is 4.79 Å². The fourth-order valence-corrected chi connectivity index (χ4v) is 1.92. The molecule has 0 bridgehead atoms. The Hall–Kier alpha value is -1.62. The van der Waals surface area contributed by atoms with E-state index in [4.69, 9.17) is 10.5 Å². The number of hydrogen-bond acceptors (Lipinski definition) is 4. The summed E-state index contributed by atoms with van der Waals surface area (Å²) in [5.74, 6) is 0.799. The van der Waals surface area contributed by atoms with Crippen molar-refractivity contribution in [2.75, 3.05) is 25.1 Å². The van der Waals surface area contributed by atoms with Gasteiger partial charge in [0.1, 0.15) is 5.69 Å². The van der Waals surface area contributed by atoms with E-state index >= 15 is 0 Å². The highest BCUT2D eigenvalue weighted by atomic mass is 16.5. The molecule has 16 heavy (non-hydrogen) atoms. The molecule has 1 fully saturated rings. The number of amides is 1. The van der Waals surface area contributed by atoms with Crippen molar-refractivity contribution in [2.45, 2.75) is 6.42 Å². The Morgan fingerprint density at radius 2 is 2.50 bits per heavy atom. The van der Waals surface area contributed by atoms with E-state index in [0.29, 0.717) is 25.4 Å². The van der Waals surface area contributed by atoms with Crippen LogP contribution in [0.15, 0.2) is 18.3 Å². The molecule has 1 saturated heterocycles. The van der Waals surface area contributed by atoms with Gasteiger partial charge in [0.2, 0.25) is 11.8 Å². The van der Waals surface area contributed by atoms with Gasteiger partial charge in [-0.25, -0.2) is 4.98 Å². The van der Waals surface area contributed by atoms with Gasteiger partial charge in [-0.2, -0.15) is 0 Å². The molecule has 0 radical (unpaired) electrons. The molecule has 0 saturated carbocycles. The molecule has 5 heteroatoms. The van der Waals surface area contributed by atoms with Gasteiger partial charge in [-0.3, -0.25) is 4.79 Å². The lowest BCUT2D eigenvalue weighted by molar-refractivity contribution is -0.117. The van der Waals surface area contributed by atoms with E-state index in [2.05, 4.69) is 4.98 Å². The van der Waals surface area contributed by atoms with Crippen LogP contribution in [0.3, 0.4) is 0 Å². The van der Waals surface area contributed by atoms with Gasteiger partial charge in [0.05, 0.1) is 7.11 Å². The van der Waals surface area contributed by atoms with Crippen LogP contribution in [0.1, 0.15) is 6.42 Å². The van der Waals surface area contributed by atoms with E-state index < -0.39 is 0 Å². The van der Waals surface area contributed by atoms with Crippen molar-refractivity contribution in [3.05, 3.63) is 18.3 Å². The van der Waals surface area contributed by atoms with Gasteiger partial charge in [-0.15, -0.1) is 0 Å². The topological polar surface area (TPSA) is 68.4 Å². The van der Waals surface area contributed by atoms with Gasteiger partial charge < -0.3 is 15.4 Å². The molecule has 1 atom stereocenters. The number of carbonyl (C=O) groups is 1. The summed E-state index contributed by atoms with van der Waals surface area (Å²) in [4.78, 5) is 17.6. The van der Waals surface area contributed by atoms with Crippen molar-refractivity contribution in [3.63, 3.8) is 0 Å². The van der Waals surface area contributed by atoms with Crippen LogP contribution in [0.4, 0.5) is 5.69 Å². The number of anilines is 1. The molecule has 1 amide bonds. The highest BCUT2D eigenvalue weighted by Gasteiger charge is 2.31. The van der Waals surface area contributed by atoms with Crippen LogP contribution in [0.5, 0.6) is 5.88 Å². The Morgan fingerprint density at radius 1 is 1.69 bits per heavy atom. The molecule has 5 nitrogen and oxygen atoms in total. The molecular weight excluding hydrogens is 206 g/mol. The average molecular weight is 221 g/mol. The second-order valence-electron chi connectivity index (χ2n) is 3.84. The number of hydrogen-bond donors (Lipinski definition) is 1. The molecule has 0 spiro atoms. The zero-order chi connectivity index (χ0) is 11.5. The first-order valence-electron chi connectivity index (χ1n) is 5.25. The lowest BCUT2D eigenvalue weighted by Crippen LogP contribution is -2.26. The van der Waals surface area contributed by atoms with Gasteiger partial charge >= 0.3 is 0 Å². The summed E-state index contributed by atoms with van der Waals surface area (Å²) in [5.41, 5.74) is 6.31. The van der Waals surface area contributed by atoms with Crippen LogP contribution in [-0.2, 0) is 4.79 Å². The molecule has 2 N–H and O–H groups in total. The van der Waals surface area contributed by atoms with Gasteiger partial charge in [0.15, 0.2) is 0 Å². The number of carbonyl (C=O) groups excluding carboxylic acids is 1. The van der Waals surface area contributed by atoms with Crippen LogP contribution in [-0.4, -0.2) is 31.1 Å². The van der Waals surface area contributed by atoms with Crippen molar-refractivity contribution >= 4 is 11.6 Å². The fourth-order valence-electron chi connectivity index (χ4n) is 1.92. The number of nitrogens with two attached hydrogens (primary N) is 1. The van der Waals surface area contributed by atoms with E-state index in [0.717, 1.165) is 5.69 Å². The Labute approximate surface area is 94.2 Å². The molecule has 86 valence electrons. The lowest BCUT2D eigenvalue weighted by Gasteiger charge is -2.18. The molecule has 2 rings (SSSR count). The molecule has 2 heterocycles. The Balaban J connectivity index is 2.27. The van der Waals surface area contributed by atoms with Crippen molar-refractivity contribution in [1.82, 2.24) is 4.98 Å². The predicted octanol–water partition coefficient (Wildman–Crippen LogP) is 0.402. The predicted molar refractivity (Wildman–Crippen MR) is 60.3 cm³/mol. The first-order chi connectivity index (χ1) is 7.76. The van der Waals surface area contributed by atoms with E-state index in [1.807, 2.05) is 6.07 Å². The summed E-state index contributed by atoms with van der Waals surface area (Å²) >= 11 is 0. The third-order valence-electron chi connectivity index (χ3n) is 2.77. The summed E-state index contributed by atoms with van der Waals surface area (Å²) in [5, 5.41) is 0. The molecule has 1 aromatic heterocycles. The van der Waals surface area contributed by atoms with Crippen molar-refractivity contribution in [3.8, 4) is 5.88 Å². The lowest BCUT2D eigenvalue weighted by atomic mass is 10.1. The molecule has 1 unspecified atom stereocenters. The summed E-state index contributed by atoms with van der Waals surface area (Å²) in [6.45, 7) is 1.18. The minimum absolute atomic E-state index is 0.0850. The molecule has 0 aliphatic carbocycles. The fraction of sp³-hybridized carbons (Fsp3) is 0.455.